The average Bonchev–Trinajstić information content (AvgIpc) is 2.56. The van der Waals surface area contributed by atoms with Gasteiger partial charge >= 0.3 is 5.97 Å². The first-order valence-corrected chi connectivity index (χ1v) is 11.0. The molecule has 2 N–H and O–H groups in total. The molecule has 0 heterocycles. The lowest BCUT2D eigenvalue weighted by atomic mass is 10.1. The number of anilines is 1. The molecule has 0 aliphatic rings. The van der Waals surface area contributed by atoms with Crippen molar-refractivity contribution in [1.29, 1.82) is 0 Å². The molecule has 0 aliphatic carbocycles. The third-order valence-corrected chi connectivity index (χ3v) is 5.98. The summed E-state index contributed by atoms with van der Waals surface area (Å²) >= 11 is 6.62. The molecule has 0 fully saturated rings. The predicted molar refractivity (Wildman–Crippen MR) is 107 cm³/mol. The smallest absolute Gasteiger partial charge is 0.307 e. The Morgan fingerprint density at radius 2 is 1.89 bits per heavy atom. The molecule has 2 aromatic rings. The molecule has 2 rings (SSSR count). The van der Waals surface area contributed by atoms with E-state index < -0.39 is 21.8 Å². The highest BCUT2D eigenvalue weighted by Crippen LogP contribution is 2.36. The number of nitrogens with one attached hydrogen (secondary N) is 1. The Balaban J connectivity index is 2.21. The zero-order chi connectivity index (χ0) is 20.2. The molecule has 0 atom stereocenters. The molecule has 0 bridgehead atoms. The van der Waals surface area contributed by atoms with E-state index in [-0.39, 0.29) is 30.0 Å². The molecule has 0 aromatic heterocycles. The fourth-order valence-corrected chi connectivity index (χ4v) is 4.33. The molecule has 0 amide bonds. The molecular formula is C17H16Br2FNO5S. The molecule has 0 aliphatic heterocycles. The summed E-state index contributed by atoms with van der Waals surface area (Å²) in [5.41, 5.74) is 0.586. The van der Waals surface area contributed by atoms with Gasteiger partial charge in [0.05, 0.1) is 26.8 Å². The van der Waals surface area contributed by atoms with Crippen LogP contribution < -0.4 is 9.46 Å². The summed E-state index contributed by atoms with van der Waals surface area (Å²) in [7, 11) is -3.60. The summed E-state index contributed by atoms with van der Waals surface area (Å²) in [6.07, 6.45) is -0.147. The minimum absolute atomic E-state index is 0.145. The summed E-state index contributed by atoms with van der Waals surface area (Å²) in [4.78, 5) is 10.8. The van der Waals surface area contributed by atoms with E-state index in [4.69, 9.17) is 9.84 Å². The highest BCUT2D eigenvalue weighted by Gasteiger charge is 2.16. The minimum Gasteiger partial charge on any atom is -0.486 e. The van der Waals surface area contributed by atoms with E-state index in [9.17, 15) is 17.6 Å². The van der Waals surface area contributed by atoms with Gasteiger partial charge < -0.3 is 9.84 Å². The summed E-state index contributed by atoms with van der Waals surface area (Å²) in [5.74, 6) is -1.47. The lowest BCUT2D eigenvalue weighted by Crippen LogP contribution is -2.16. The van der Waals surface area contributed by atoms with Gasteiger partial charge in [-0.2, -0.15) is 0 Å². The highest BCUT2D eigenvalue weighted by atomic mass is 79.9. The third kappa shape index (κ3) is 5.91. The van der Waals surface area contributed by atoms with Crippen LogP contribution in [-0.2, 0) is 27.8 Å². The monoisotopic (exact) mass is 523 g/mol. The Morgan fingerprint density at radius 3 is 2.44 bits per heavy atom. The predicted octanol–water partition coefficient (Wildman–Crippen LogP) is 4.32. The van der Waals surface area contributed by atoms with Crippen molar-refractivity contribution in [2.24, 2.45) is 0 Å². The minimum atomic E-state index is -3.60. The van der Waals surface area contributed by atoms with Crippen LogP contribution in [0.1, 0.15) is 18.1 Å². The number of carboxylic acid groups (broad SMARTS) is 1. The molecule has 6 nitrogen and oxygen atoms in total. The zero-order valence-corrected chi connectivity index (χ0v) is 18.1. The van der Waals surface area contributed by atoms with Crippen LogP contribution in [0, 0.1) is 5.82 Å². The van der Waals surface area contributed by atoms with Gasteiger partial charge in [0.25, 0.3) is 0 Å². The molecule has 0 spiro atoms. The van der Waals surface area contributed by atoms with E-state index in [0.29, 0.717) is 20.3 Å². The van der Waals surface area contributed by atoms with Gasteiger partial charge in [-0.05, 0) is 62.5 Å². The molecule has 2 aromatic carbocycles. The van der Waals surface area contributed by atoms with Gasteiger partial charge in [-0.25, -0.2) is 12.8 Å². The molecular weight excluding hydrogens is 509 g/mol. The molecule has 0 saturated carbocycles. The molecule has 0 saturated heterocycles. The summed E-state index contributed by atoms with van der Waals surface area (Å²) in [5, 5.41) is 8.87. The Bertz CT molecular complexity index is 943. The number of carboxylic acids is 1. The normalized spacial score (nSPS) is 11.3. The Hall–Kier alpha value is -1.65. The maximum absolute atomic E-state index is 14.6. The standard InChI is InChI=1S/C17H16Br2FNO5S/c1-2-27(24,25)21-14-5-3-4-11(16(14)20)9-26-17-12(18)6-10(7-13(17)19)8-15(22)23/h3-7,21H,2,8-9H2,1H3,(H,22,23). The van der Waals surface area contributed by atoms with Crippen LogP contribution in [0.5, 0.6) is 5.75 Å². The highest BCUT2D eigenvalue weighted by molar-refractivity contribution is 9.11. The van der Waals surface area contributed by atoms with Gasteiger partial charge in [0.15, 0.2) is 5.82 Å². The lowest BCUT2D eigenvalue weighted by molar-refractivity contribution is -0.136. The Morgan fingerprint density at radius 1 is 1.26 bits per heavy atom. The van der Waals surface area contributed by atoms with Crippen LogP contribution in [0.3, 0.4) is 0 Å². The van der Waals surface area contributed by atoms with Crippen LogP contribution in [0.15, 0.2) is 39.3 Å². The van der Waals surface area contributed by atoms with Gasteiger partial charge in [-0.1, -0.05) is 12.1 Å². The second-order valence-electron chi connectivity index (χ2n) is 5.53. The Labute approximate surface area is 173 Å². The molecule has 146 valence electrons. The van der Waals surface area contributed by atoms with Crippen molar-refractivity contribution in [2.75, 3.05) is 10.5 Å². The topological polar surface area (TPSA) is 92.7 Å². The first kappa shape index (κ1) is 21.6. The van der Waals surface area contributed by atoms with Crippen molar-refractivity contribution in [2.45, 2.75) is 20.0 Å². The SMILES string of the molecule is CCS(=O)(=O)Nc1cccc(COc2c(Br)cc(CC(=O)O)cc2Br)c1F. The third-order valence-electron chi connectivity index (χ3n) is 3.51. The largest absolute Gasteiger partial charge is 0.486 e. The summed E-state index contributed by atoms with van der Waals surface area (Å²) in [6.45, 7) is 1.30. The van der Waals surface area contributed by atoms with Gasteiger partial charge in [0.1, 0.15) is 12.4 Å². The van der Waals surface area contributed by atoms with Crippen LogP contribution in [0.4, 0.5) is 10.1 Å². The van der Waals surface area contributed by atoms with Gasteiger partial charge in [-0.15, -0.1) is 0 Å². The van der Waals surface area contributed by atoms with Crippen molar-refractivity contribution >= 4 is 53.5 Å². The van der Waals surface area contributed by atoms with E-state index in [1.165, 1.54) is 25.1 Å². The number of ether oxygens (including phenoxy) is 1. The summed E-state index contributed by atoms with van der Waals surface area (Å²) < 4.78 is 46.7. The van der Waals surface area contributed by atoms with E-state index in [0.717, 1.165) is 0 Å². The van der Waals surface area contributed by atoms with Gasteiger partial charge in [-0.3, -0.25) is 9.52 Å². The quantitative estimate of drug-likeness (QED) is 0.536. The molecule has 10 heteroatoms. The number of carbonyl (C=O) groups is 1. The molecule has 0 unspecified atom stereocenters. The number of hydrogen-bond donors (Lipinski definition) is 2. The number of benzene rings is 2. The van der Waals surface area contributed by atoms with Crippen LogP contribution in [0.25, 0.3) is 0 Å². The van der Waals surface area contributed by atoms with E-state index in [1.54, 1.807) is 12.1 Å². The van der Waals surface area contributed by atoms with Crippen molar-refractivity contribution in [3.8, 4) is 5.75 Å². The Kier molecular flexibility index (Phi) is 7.24. The van der Waals surface area contributed by atoms with E-state index in [1.807, 2.05) is 0 Å². The van der Waals surface area contributed by atoms with Crippen molar-refractivity contribution < 1.29 is 27.4 Å². The summed E-state index contributed by atoms with van der Waals surface area (Å²) in [6, 6.07) is 7.56. The first-order chi connectivity index (χ1) is 12.6. The number of hydrogen-bond acceptors (Lipinski definition) is 4. The van der Waals surface area contributed by atoms with Crippen molar-refractivity contribution in [3.63, 3.8) is 0 Å². The maximum Gasteiger partial charge on any atom is 0.307 e. The van der Waals surface area contributed by atoms with Crippen LogP contribution >= 0.6 is 31.9 Å². The van der Waals surface area contributed by atoms with E-state index >= 15 is 0 Å². The van der Waals surface area contributed by atoms with Gasteiger partial charge in [0.2, 0.25) is 10.0 Å². The molecule has 0 radical (unpaired) electrons. The second kappa shape index (κ2) is 9.03. The number of halogens is 3. The zero-order valence-electron chi connectivity index (χ0n) is 14.1. The molecule has 27 heavy (non-hydrogen) atoms. The fourth-order valence-electron chi connectivity index (χ4n) is 2.19. The first-order valence-electron chi connectivity index (χ1n) is 7.73. The maximum atomic E-state index is 14.6. The second-order valence-corrected chi connectivity index (χ2v) is 9.25. The van der Waals surface area contributed by atoms with Crippen molar-refractivity contribution in [1.82, 2.24) is 0 Å². The van der Waals surface area contributed by atoms with Gasteiger partial charge in [0, 0.05) is 5.56 Å². The van der Waals surface area contributed by atoms with Crippen LogP contribution in [-0.4, -0.2) is 25.2 Å². The van der Waals surface area contributed by atoms with Crippen LogP contribution in [0.2, 0.25) is 0 Å². The average molecular weight is 525 g/mol. The lowest BCUT2D eigenvalue weighted by Gasteiger charge is -2.14. The number of sulfonamides is 1. The van der Waals surface area contributed by atoms with Crippen molar-refractivity contribution in [3.05, 3.63) is 56.2 Å². The number of rotatable bonds is 8. The van der Waals surface area contributed by atoms with E-state index in [2.05, 4.69) is 36.6 Å². The number of aliphatic carboxylic acids is 1. The fraction of sp³-hybridized carbons (Fsp3) is 0.235.